The number of carbonyl (C=O) groups is 2. The van der Waals surface area contributed by atoms with E-state index < -0.39 is 5.97 Å². The highest BCUT2D eigenvalue weighted by Crippen LogP contribution is 2.28. The first kappa shape index (κ1) is 24.1. The maximum absolute atomic E-state index is 11.2. The number of unbranched alkanes of at least 4 members (excludes halogenated alkanes) is 1. The van der Waals surface area contributed by atoms with Crippen LogP contribution < -0.4 is 4.74 Å². The number of aliphatic carboxylic acids is 1. The van der Waals surface area contributed by atoms with Gasteiger partial charge in [-0.05, 0) is 55.0 Å². The summed E-state index contributed by atoms with van der Waals surface area (Å²) in [4.78, 5) is 23.8. The molecule has 0 bridgehead atoms. The Morgan fingerprint density at radius 3 is 2.42 bits per heavy atom. The predicted molar refractivity (Wildman–Crippen MR) is 123 cm³/mol. The van der Waals surface area contributed by atoms with Gasteiger partial charge in [0.05, 0.1) is 13.0 Å². The second kappa shape index (κ2) is 12.5. The molecule has 166 valence electrons. The Morgan fingerprint density at radius 1 is 1.10 bits per heavy atom. The van der Waals surface area contributed by atoms with Crippen molar-refractivity contribution in [1.29, 1.82) is 5.41 Å². The fraction of sp³-hybridized carbons (Fsp3) is 0.400. The number of nitrogens with zero attached hydrogens (tertiary/aromatic N) is 1. The van der Waals surface area contributed by atoms with Crippen LogP contribution in [-0.2, 0) is 22.4 Å². The predicted octanol–water partition coefficient (Wildman–Crippen LogP) is 4.94. The summed E-state index contributed by atoms with van der Waals surface area (Å²) in [7, 11) is 0. The van der Waals surface area contributed by atoms with Crippen molar-refractivity contribution in [2.24, 2.45) is 0 Å². The van der Waals surface area contributed by atoms with Gasteiger partial charge in [0.25, 0.3) is 0 Å². The largest absolute Gasteiger partial charge is 0.494 e. The molecule has 2 aromatic rings. The van der Waals surface area contributed by atoms with Gasteiger partial charge in [0, 0.05) is 18.5 Å². The van der Waals surface area contributed by atoms with Gasteiger partial charge in [0.2, 0.25) is 6.41 Å². The van der Waals surface area contributed by atoms with Gasteiger partial charge in [-0.25, -0.2) is 0 Å². The zero-order valence-electron chi connectivity index (χ0n) is 18.4. The molecule has 1 amide bonds. The van der Waals surface area contributed by atoms with Crippen LogP contribution in [0.15, 0.2) is 42.5 Å². The van der Waals surface area contributed by atoms with Crippen molar-refractivity contribution in [3.8, 4) is 16.9 Å². The van der Waals surface area contributed by atoms with E-state index in [1.165, 1.54) is 10.5 Å². The summed E-state index contributed by atoms with van der Waals surface area (Å²) < 4.78 is 5.55. The first-order chi connectivity index (χ1) is 15.0. The Labute approximate surface area is 184 Å². The van der Waals surface area contributed by atoms with E-state index in [1.54, 1.807) is 0 Å². The second-order valence-corrected chi connectivity index (χ2v) is 7.48. The number of aryl methyl sites for hydroxylation is 1. The Kier molecular flexibility index (Phi) is 9.75. The molecule has 0 saturated carbocycles. The fourth-order valence-electron chi connectivity index (χ4n) is 3.40. The summed E-state index contributed by atoms with van der Waals surface area (Å²) in [6.07, 6.45) is 4.78. The molecule has 2 rings (SSSR count). The smallest absolute Gasteiger partial charge is 0.307 e. The molecule has 0 aromatic heterocycles. The van der Waals surface area contributed by atoms with Crippen LogP contribution >= 0.6 is 0 Å². The van der Waals surface area contributed by atoms with E-state index in [-0.39, 0.29) is 6.42 Å². The van der Waals surface area contributed by atoms with Gasteiger partial charge >= 0.3 is 5.97 Å². The average Bonchev–Trinajstić information content (AvgIpc) is 2.76. The number of hydrogen-bond acceptors (Lipinski definition) is 4. The summed E-state index contributed by atoms with van der Waals surface area (Å²) >= 11 is 0. The molecule has 0 aliphatic rings. The highest BCUT2D eigenvalue weighted by Gasteiger charge is 2.11. The van der Waals surface area contributed by atoms with E-state index in [9.17, 15) is 14.7 Å². The number of hydrogen-bond donors (Lipinski definition) is 2. The van der Waals surface area contributed by atoms with Crippen LogP contribution in [0.2, 0.25) is 0 Å². The van der Waals surface area contributed by atoms with Gasteiger partial charge in [-0.15, -0.1) is 0 Å². The Bertz CT molecular complexity index is 878. The first-order valence-electron chi connectivity index (χ1n) is 10.8. The van der Waals surface area contributed by atoms with Crippen molar-refractivity contribution in [3.05, 3.63) is 53.6 Å². The van der Waals surface area contributed by atoms with Crippen molar-refractivity contribution < 1.29 is 19.4 Å². The summed E-state index contributed by atoms with van der Waals surface area (Å²) in [5, 5.41) is 17.3. The molecule has 0 atom stereocenters. The lowest BCUT2D eigenvalue weighted by atomic mass is 9.98. The van der Waals surface area contributed by atoms with Crippen LogP contribution in [0.4, 0.5) is 0 Å². The van der Waals surface area contributed by atoms with E-state index >= 15 is 0 Å². The van der Waals surface area contributed by atoms with Crippen LogP contribution in [0.5, 0.6) is 5.75 Å². The number of nitrogens with one attached hydrogen (secondary N) is 1. The van der Waals surface area contributed by atoms with Crippen molar-refractivity contribution in [3.63, 3.8) is 0 Å². The van der Waals surface area contributed by atoms with E-state index in [1.807, 2.05) is 37.3 Å². The van der Waals surface area contributed by atoms with Gasteiger partial charge in [0.1, 0.15) is 11.6 Å². The number of rotatable bonds is 13. The van der Waals surface area contributed by atoms with E-state index in [0.717, 1.165) is 43.2 Å². The molecule has 0 fully saturated rings. The second-order valence-electron chi connectivity index (χ2n) is 7.48. The summed E-state index contributed by atoms with van der Waals surface area (Å²) in [6, 6.07) is 13.8. The van der Waals surface area contributed by atoms with Crippen molar-refractivity contribution in [2.75, 3.05) is 13.2 Å². The van der Waals surface area contributed by atoms with E-state index in [2.05, 4.69) is 19.1 Å². The molecule has 0 radical (unpaired) electrons. The third-order valence-electron chi connectivity index (χ3n) is 5.09. The third-order valence-corrected chi connectivity index (χ3v) is 5.09. The average molecular weight is 425 g/mol. The number of ether oxygens (including phenoxy) is 1. The van der Waals surface area contributed by atoms with E-state index in [4.69, 9.17) is 10.1 Å². The molecule has 0 heterocycles. The number of benzene rings is 2. The standard InChI is InChI=1S/C25H32N2O4/c1-3-5-15-27(18-28)24(26)8-6-7-19-9-11-20(12-10-19)21-13-14-23(31-4-2)22(16-21)17-25(29)30/h9-14,16,18,26H,3-8,15,17H2,1-2H3,(H,29,30). The fourth-order valence-corrected chi connectivity index (χ4v) is 3.40. The molecule has 0 aliphatic carbocycles. The number of amidine groups is 1. The quantitative estimate of drug-likeness (QED) is 0.271. The van der Waals surface area contributed by atoms with E-state index in [0.29, 0.717) is 36.7 Å². The molecule has 0 unspecified atom stereocenters. The molecular weight excluding hydrogens is 392 g/mol. The van der Waals surface area contributed by atoms with Crippen LogP contribution in [0, 0.1) is 5.41 Å². The van der Waals surface area contributed by atoms with Gasteiger partial charge < -0.3 is 14.7 Å². The summed E-state index contributed by atoms with van der Waals surface area (Å²) in [5.41, 5.74) is 3.79. The van der Waals surface area contributed by atoms with Gasteiger partial charge in [-0.3, -0.25) is 15.0 Å². The first-order valence-corrected chi connectivity index (χ1v) is 10.8. The van der Waals surface area contributed by atoms with Gasteiger partial charge in [0.15, 0.2) is 0 Å². The summed E-state index contributed by atoms with van der Waals surface area (Å²) in [6.45, 7) is 5.04. The Hall–Kier alpha value is -3.15. The minimum absolute atomic E-state index is 0.0801. The minimum atomic E-state index is -0.887. The molecular formula is C25H32N2O4. The van der Waals surface area contributed by atoms with Crippen LogP contribution in [0.25, 0.3) is 11.1 Å². The molecule has 6 nitrogen and oxygen atoms in total. The maximum atomic E-state index is 11.2. The Balaban J connectivity index is 1.99. The summed E-state index contributed by atoms with van der Waals surface area (Å²) in [5.74, 6) is 0.0956. The lowest BCUT2D eigenvalue weighted by Crippen LogP contribution is -2.29. The molecule has 6 heteroatoms. The number of carboxylic acids is 1. The molecule has 0 spiro atoms. The molecule has 2 aromatic carbocycles. The van der Waals surface area contributed by atoms with Crippen molar-refractivity contribution in [1.82, 2.24) is 4.90 Å². The zero-order chi connectivity index (χ0) is 22.6. The molecule has 0 saturated heterocycles. The minimum Gasteiger partial charge on any atom is -0.494 e. The van der Waals surface area contributed by atoms with Crippen LogP contribution in [-0.4, -0.2) is 41.4 Å². The normalized spacial score (nSPS) is 10.5. The highest BCUT2D eigenvalue weighted by atomic mass is 16.5. The number of carboxylic acid groups (broad SMARTS) is 1. The Morgan fingerprint density at radius 2 is 1.81 bits per heavy atom. The third kappa shape index (κ3) is 7.55. The zero-order valence-corrected chi connectivity index (χ0v) is 18.4. The SMILES string of the molecule is CCCCN(C=O)C(=N)CCCc1ccc(-c2ccc(OCC)c(CC(=O)O)c2)cc1. The highest BCUT2D eigenvalue weighted by molar-refractivity contribution is 5.88. The van der Waals surface area contributed by atoms with Crippen LogP contribution in [0.1, 0.15) is 50.7 Å². The molecule has 2 N–H and O–H groups in total. The molecule has 0 aliphatic heterocycles. The van der Waals surface area contributed by atoms with Crippen molar-refractivity contribution >= 4 is 18.2 Å². The van der Waals surface area contributed by atoms with Gasteiger partial charge in [-0.2, -0.15) is 0 Å². The molecule has 31 heavy (non-hydrogen) atoms. The topological polar surface area (TPSA) is 90.7 Å². The lowest BCUT2D eigenvalue weighted by molar-refractivity contribution is -0.136. The van der Waals surface area contributed by atoms with Crippen molar-refractivity contribution in [2.45, 2.75) is 52.4 Å². The lowest BCUT2D eigenvalue weighted by Gasteiger charge is -2.17. The maximum Gasteiger partial charge on any atom is 0.307 e. The number of carbonyl (C=O) groups excluding carboxylic acids is 1. The van der Waals surface area contributed by atoms with Gasteiger partial charge in [-0.1, -0.05) is 43.7 Å². The monoisotopic (exact) mass is 424 g/mol. The number of amides is 1. The van der Waals surface area contributed by atoms with Crippen LogP contribution in [0.3, 0.4) is 0 Å².